The molecular formula is C25H30O13. The molecule has 1 aliphatic carbocycles. The van der Waals surface area contributed by atoms with E-state index < -0.39 is 85.8 Å². The molecule has 208 valence electrons. The lowest BCUT2D eigenvalue weighted by atomic mass is 9.85. The van der Waals surface area contributed by atoms with Gasteiger partial charge in [-0.15, -0.1) is 0 Å². The van der Waals surface area contributed by atoms with Crippen molar-refractivity contribution >= 4 is 12.0 Å². The normalized spacial score (nSPS) is 41.3. The first-order chi connectivity index (χ1) is 18.2. The number of hydrogen-bond donors (Lipinski definition) is 6. The molecule has 3 aliphatic heterocycles. The van der Waals surface area contributed by atoms with Crippen LogP contribution in [0.25, 0.3) is 6.08 Å². The number of ether oxygens (including phenoxy) is 6. The molecule has 38 heavy (non-hydrogen) atoms. The van der Waals surface area contributed by atoms with Gasteiger partial charge in [0.2, 0.25) is 6.29 Å². The second kappa shape index (κ2) is 10.4. The third-order valence-electron chi connectivity index (χ3n) is 7.46. The predicted octanol–water partition coefficient (Wildman–Crippen LogP) is -1.61. The monoisotopic (exact) mass is 538 g/mol. The number of esters is 1. The molecule has 3 fully saturated rings. The standard InChI is InChI=1S/C25H30O13/c1-33-14-4-2-11(8-13(14)28)3-5-16(29)36-21-12-6-7-34-23(17(12)25(10-27)22(21)38-25)37-24-20(32)19(31)18(30)15(9-26)35-24/h2-8,12,15,17-24,26-28,30-32H,9-10H2,1H3/b5-3+/t12-,15-,17?,18-,19+,20-,21+,22+,23+,24+,25-/m1/s1. The van der Waals surface area contributed by atoms with E-state index >= 15 is 0 Å². The van der Waals surface area contributed by atoms with Crippen molar-refractivity contribution in [3.63, 3.8) is 0 Å². The van der Waals surface area contributed by atoms with E-state index in [-0.39, 0.29) is 5.75 Å². The maximum atomic E-state index is 12.7. The first-order valence-electron chi connectivity index (χ1n) is 12.1. The van der Waals surface area contributed by atoms with E-state index in [0.717, 1.165) is 0 Å². The number of phenolic OH excluding ortho intramolecular Hbond substituents is 1. The van der Waals surface area contributed by atoms with E-state index in [0.29, 0.717) is 11.3 Å². The van der Waals surface area contributed by atoms with Gasteiger partial charge in [-0.1, -0.05) is 6.07 Å². The Morgan fingerprint density at radius 2 is 1.92 bits per heavy atom. The van der Waals surface area contributed by atoms with Crippen LogP contribution < -0.4 is 4.74 Å². The molecule has 0 bridgehead atoms. The lowest BCUT2D eigenvalue weighted by Crippen LogP contribution is -2.60. The number of benzene rings is 1. The molecule has 1 unspecified atom stereocenters. The van der Waals surface area contributed by atoms with Gasteiger partial charge in [0.15, 0.2) is 17.8 Å². The Hall–Kier alpha value is -2.75. The highest BCUT2D eigenvalue weighted by atomic mass is 16.8. The maximum absolute atomic E-state index is 12.7. The van der Waals surface area contributed by atoms with Crippen LogP contribution in [-0.2, 0) is 28.5 Å². The molecule has 0 aromatic heterocycles. The van der Waals surface area contributed by atoms with Gasteiger partial charge >= 0.3 is 5.97 Å². The highest BCUT2D eigenvalue weighted by molar-refractivity contribution is 5.87. The third-order valence-corrected chi connectivity index (χ3v) is 7.46. The largest absolute Gasteiger partial charge is 0.504 e. The Morgan fingerprint density at radius 1 is 1.13 bits per heavy atom. The molecular weight excluding hydrogens is 508 g/mol. The molecule has 5 rings (SSSR count). The topological polar surface area (TPSA) is 197 Å². The molecule has 0 spiro atoms. The van der Waals surface area contributed by atoms with Crippen LogP contribution in [0.1, 0.15) is 5.56 Å². The highest BCUT2D eigenvalue weighted by Gasteiger charge is 2.77. The summed E-state index contributed by atoms with van der Waals surface area (Å²) < 4.78 is 33.3. The molecule has 6 N–H and O–H groups in total. The minimum atomic E-state index is -1.65. The van der Waals surface area contributed by atoms with Crippen LogP contribution >= 0.6 is 0 Å². The molecule has 1 aromatic rings. The molecule has 4 aliphatic rings. The third kappa shape index (κ3) is 4.54. The zero-order valence-electron chi connectivity index (χ0n) is 20.3. The fourth-order valence-electron chi connectivity index (χ4n) is 5.44. The van der Waals surface area contributed by atoms with E-state index in [2.05, 4.69) is 0 Å². The molecule has 13 nitrogen and oxygen atoms in total. The van der Waals surface area contributed by atoms with Gasteiger partial charge in [0, 0.05) is 12.0 Å². The van der Waals surface area contributed by atoms with Crippen LogP contribution in [0.3, 0.4) is 0 Å². The number of aliphatic hydroxyl groups is 5. The Morgan fingerprint density at radius 3 is 2.61 bits per heavy atom. The minimum absolute atomic E-state index is 0.0847. The van der Waals surface area contributed by atoms with Crippen molar-refractivity contribution in [2.45, 2.75) is 54.8 Å². The molecule has 1 saturated carbocycles. The summed E-state index contributed by atoms with van der Waals surface area (Å²) in [5.74, 6) is -1.65. The fourth-order valence-corrected chi connectivity index (χ4v) is 5.44. The van der Waals surface area contributed by atoms with Crippen LogP contribution in [0.4, 0.5) is 0 Å². The molecule has 0 radical (unpaired) electrons. The quantitative estimate of drug-likeness (QED) is 0.126. The predicted molar refractivity (Wildman–Crippen MR) is 124 cm³/mol. The summed E-state index contributed by atoms with van der Waals surface area (Å²) in [4.78, 5) is 12.7. The second-order valence-corrected chi connectivity index (χ2v) is 9.59. The number of fused-ring (bicyclic) bond motifs is 3. The van der Waals surface area contributed by atoms with Crippen molar-refractivity contribution in [3.8, 4) is 11.5 Å². The molecule has 3 heterocycles. The number of phenols is 1. The zero-order valence-corrected chi connectivity index (χ0v) is 20.3. The number of aliphatic hydroxyl groups excluding tert-OH is 5. The molecule has 11 atom stereocenters. The van der Waals surface area contributed by atoms with Crippen molar-refractivity contribution < 1.29 is 63.9 Å². The molecule has 2 saturated heterocycles. The van der Waals surface area contributed by atoms with Crippen LogP contribution in [0, 0.1) is 11.8 Å². The number of carbonyl (C=O) groups is 1. The van der Waals surface area contributed by atoms with Crippen molar-refractivity contribution in [1.82, 2.24) is 0 Å². The van der Waals surface area contributed by atoms with Gasteiger partial charge in [-0.25, -0.2) is 4.79 Å². The Bertz CT molecular complexity index is 1090. The summed E-state index contributed by atoms with van der Waals surface area (Å²) in [5.41, 5.74) is -0.610. The first kappa shape index (κ1) is 26.8. The summed E-state index contributed by atoms with van der Waals surface area (Å²) in [6.45, 7) is -1.06. The SMILES string of the molecule is COc1ccc(/C=C/C(=O)O[C@H]2[C@@H]3C=CO[C@@H](O[C@@H]4O[C@H](CO)[C@@H](O)[C@H](O)[C@H]4O)C3[C@@]3(CO)O[C@@H]23)cc1O. The zero-order chi connectivity index (χ0) is 27.2. The van der Waals surface area contributed by atoms with Gasteiger partial charge in [0.25, 0.3) is 0 Å². The van der Waals surface area contributed by atoms with Crippen molar-refractivity contribution in [1.29, 1.82) is 0 Å². The minimum Gasteiger partial charge on any atom is -0.504 e. The number of rotatable bonds is 8. The van der Waals surface area contributed by atoms with Crippen LogP contribution in [-0.4, -0.2) is 112 Å². The van der Waals surface area contributed by atoms with E-state index in [1.165, 1.54) is 31.6 Å². The number of methoxy groups -OCH3 is 1. The maximum Gasteiger partial charge on any atom is 0.331 e. The second-order valence-electron chi connectivity index (χ2n) is 9.59. The Kier molecular flexibility index (Phi) is 7.37. The van der Waals surface area contributed by atoms with Crippen molar-refractivity contribution in [3.05, 3.63) is 42.2 Å². The summed E-state index contributed by atoms with van der Waals surface area (Å²) in [5, 5.41) is 60.0. The van der Waals surface area contributed by atoms with Crippen molar-refractivity contribution in [2.24, 2.45) is 11.8 Å². The Labute approximate surface area is 217 Å². The number of aromatic hydroxyl groups is 1. The van der Waals surface area contributed by atoms with Gasteiger partial charge in [-0.05, 0) is 29.8 Å². The smallest absolute Gasteiger partial charge is 0.331 e. The average Bonchev–Trinajstić information content (AvgIpc) is 3.59. The van der Waals surface area contributed by atoms with Gasteiger partial charge < -0.3 is 59.1 Å². The number of epoxide rings is 1. The van der Waals surface area contributed by atoms with E-state index in [1.54, 1.807) is 18.2 Å². The van der Waals surface area contributed by atoms with Crippen LogP contribution in [0.2, 0.25) is 0 Å². The van der Waals surface area contributed by atoms with E-state index in [9.17, 15) is 35.4 Å². The van der Waals surface area contributed by atoms with E-state index in [4.69, 9.17) is 28.4 Å². The molecule has 0 amide bonds. The molecule has 13 heteroatoms. The average molecular weight is 539 g/mol. The van der Waals surface area contributed by atoms with Crippen LogP contribution in [0.15, 0.2) is 36.6 Å². The number of carbonyl (C=O) groups excluding carboxylic acids is 1. The highest BCUT2D eigenvalue weighted by Crippen LogP contribution is 2.60. The number of hydrogen-bond acceptors (Lipinski definition) is 13. The van der Waals surface area contributed by atoms with Crippen molar-refractivity contribution in [2.75, 3.05) is 20.3 Å². The lowest BCUT2D eigenvalue weighted by Gasteiger charge is -2.43. The summed E-state index contributed by atoms with van der Waals surface area (Å²) in [6.07, 6.45) is -4.45. The van der Waals surface area contributed by atoms with Gasteiger partial charge in [-0.2, -0.15) is 0 Å². The lowest BCUT2D eigenvalue weighted by molar-refractivity contribution is -0.344. The molecule has 1 aromatic carbocycles. The van der Waals surface area contributed by atoms with Gasteiger partial charge in [0.05, 0.1) is 32.5 Å². The Balaban J connectivity index is 1.29. The van der Waals surface area contributed by atoms with Gasteiger partial charge in [0.1, 0.15) is 42.2 Å². The summed E-state index contributed by atoms with van der Waals surface area (Å²) in [6, 6.07) is 4.63. The summed E-state index contributed by atoms with van der Waals surface area (Å²) in [7, 11) is 1.42. The van der Waals surface area contributed by atoms with Gasteiger partial charge in [-0.3, -0.25) is 0 Å². The summed E-state index contributed by atoms with van der Waals surface area (Å²) >= 11 is 0. The van der Waals surface area contributed by atoms with E-state index in [1.807, 2.05) is 0 Å². The fraction of sp³-hybridized carbons (Fsp3) is 0.560. The van der Waals surface area contributed by atoms with Crippen LogP contribution in [0.5, 0.6) is 11.5 Å². The first-order valence-corrected chi connectivity index (χ1v) is 12.1.